The Morgan fingerprint density at radius 1 is 1.55 bits per heavy atom. The number of carbonyl (C=O) groups excluding carboxylic acids is 1. The lowest BCUT2D eigenvalue weighted by Crippen LogP contribution is -2.43. The molecule has 6 heteroatoms. The van der Waals surface area contributed by atoms with Gasteiger partial charge in [0.2, 0.25) is 0 Å². The quantitative estimate of drug-likeness (QED) is 0.811. The van der Waals surface area contributed by atoms with Crippen LogP contribution in [-0.2, 0) is 7.05 Å². The number of hydrogen-bond acceptors (Lipinski definition) is 4. The lowest BCUT2D eigenvalue weighted by Gasteiger charge is -2.31. The molecule has 0 aromatic carbocycles. The average molecular weight is 280 g/mol. The van der Waals surface area contributed by atoms with Crippen molar-refractivity contribution in [2.75, 3.05) is 26.2 Å². The molecule has 0 spiro atoms. The van der Waals surface area contributed by atoms with Crippen LogP contribution in [0.4, 0.5) is 0 Å². The molecule has 0 aliphatic carbocycles. The maximum atomic E-state index is 11.8. The van der Waals surface area contributed by atoms with Crippen LogP contribution in [0.25, 0.3) is 0 Å². The Kier molecular flexibility index (Phi) is 5.14. The largest absolute Gasteiger partial charge is 0.390 e. The molecule has 2 heterocycles. The summed E-state index contributed by atoms with van der Waals surface area (Å²) in [6, 6.07) is 0. The summed E-state index contributed by atoms with van der Waals surface area (Å²) in [5.41, 5.74) is 0.520. The van der Waals surface area contributed by atoms with Crippen LogP contribution in [0.5, 0.6) is 0 Å². The lowest BCUT2D eigenvalue weighted by molar-refractivity contribution is 0.0795. The van der Waals surface area contributed by atoms with E-state index in [1.54, 1.807) is 17.9 Å². The number of piperidine rings is 1. The van der Waals surface area contributed by atoms with Crippen LogP contribution in [0.1, 0.15) is 30.1 Å². The van der Waals surface area contributed by atoms with Gasteiger partial charge in [-0.1, -0.05) is 6.92 Å². The van der Waals surface area contributed by atoms with E-state index < -0.39 is 6.10 Å². The number of rotatable bonds is 5. The fraction of sp³-hybridized carbons (Fsp3) is 0.714. The highest BCUT2D eigenvalue weighted by Gasteiger charge is 2.18. The molecule has 6 nitrogen and oxygen atoms in total. The van der Waals surface area contributed by atoms with Crippen molar-refractivity contribution in [3.05, 3.63) is 18.0 Å². The number of likely N-dealkylation sites (tertiary alicyclic amines) is 1. The number of nitrogens with zero attached hydrogens (tertiary/aromatic N) is 3. The van der Waals surface area contributed by atoms with Crippen molar-refractivity contribution in [1.82, 2.24) is 20.0 Å². The first-order chi connectivity index (χ1) is 9.54. The summed E-state index contributed by atoms with van der Waals surface area (Å²) in [5.74, 6) is 0.595. The van der Waals surface area contributed by atoms with Crippen LogP contribution in [0, 0.1) is 5.92 Å². The molecule has 0 bridgehead atoms. The summed E-state index contributed by atoms with van der Waals surface area (Å²) in [7, 11) is 1.77. The summed E-state index contributed by atoms with van der Waals surface area (Å²) in [6.07, 6.45) is 5.04. The van der Waals surface area contributed by atoms with E-state index in [0.717, 1.165) is 19.0 Å². The molecule has 1 aromatic rings. The third kappa shape index (κ3) is 4.31. The maximum Gasteiger partial charge on any atom is 0.254 e. The van der Waals surface area contributed by atoms with Gasteiger partial charge in [-0.2, -0.15) is 5.10 Å². The second-order valence-corrected chi connectivity index (χ2v) is 5.75. The van der Waals surface area contributed by atoms with Gasteiger partial charge >= 0.3 is 0 Å². The molecule has 1 atom stereocenters. The van der Waals surface area contributed by atoms with Gasteiger partial charge in [0, 0.05) is 26.3 Å². The molecule has 1 unspecified atom stereocenters. The minimum absolute atomic E-state index is 0.190. The SMILES string of the molecule is CC1CCN(CC(O)CNC(=O)c2cnn(C)c2)CC1. The molecule has 2 N–H and O–H groups in total. The predicted molar refractivity (Wildman–Crippen MR) is 76.4 cm³/mol. The molecule has 1 amide bonds. The number of carbonyl (C=O) groups is 1. The molecule has 1 aliphatic heterocycles. The van der Waals surface area contributed by atoms with E-state index in [0.29, 0.717) is 12.1 Å². The standard InChI is InChI=1S/C14H24N4O2/c1-11-3-5-18(6-4-11)10-13(19)8-15-14(20)12-7-16-17(2)9-12/h7,9,11,13,19H,3-6,8,10H2,1-2H3,(H,15,20). The summed E-state index contributed by atoms with van der Waals surface area (Å²) < 4.78 is 1.58. The fourth-order valence-corrected chi connectivity index (χ4v) is 2.46. The van der Waals surface area contributed by atoms with Crippen molar-refractivity contribution in [2.24, 2.45) is 13.0 Å². The molecule has 1 aliphatic rings. The van der Waals surface area contributed by atoms with Crippen LogP contribution in [0.3, 0.4) is 0 Å². The number of amides is 1. The number of β-amino-alcohol motifs (C(OH)–C–C–N with tert-alkyl or cyclic N) is 1. The first kappa shape index (κ1) is 15.0. The first-order valence-electron chi connectivity index (χ1n) is 7.22. The van der Waals surface area contributed by atoms with Crippen molar-refractivity contribution in [2.45, 2.75) is 25.9 Å². The molecule has 1 aromatic heterocycles. The van der Waals surface area contributed by atoms with Gasteiger partial charge in [0.25, 0.3) is 5.91 Å². The Balaban J connectivity index is 1.69. The number of aromatic nitrogens is 2. The monoisotopic (exact) mass is 280 g/mol. The second-order valence-electron chi connectivity index (χ2n) is 5.75. The summed E-state index contributed by atoms with van der Waals surface area (Å²) in [6.45, 7) is 5.24. The third-order valence-corrected chi connectivity index (χ3v) is 3.81. The van der Waals surface area contributed by atoms with Gasteiger partial charge < -0.3 is 15.3 Å². The van der Waals surface area contributed by atoms with E-state index in [1.165, 1.54) is 19.0 Å². The number of nitrogens with one attached hydrogen (secondary N) is 1. The highest BCUT2D eigenvalue weighted by molar-refractivity contribution is 5.93. The van der Waals surface area contributed by atoms with Crippen LogP contribution < -0.4 is 5.32 Å². The Labute approximate surface area is 119 Å². The Bertz CT molecular complexity index is 438. The van der Waals surface area contributed by atoms with Crippen molar-refractivity contribution in [3.63, 3.8) is 0 Å². The zero-order chi connectivity index (χ0) is 14.5. The van der Waals surface area contributed by atoms with Crippen LogP contribution in [-0.4, -0.2) is 58.0 Å². The number of aliphatic hydroxyl groups is 1. The molecule has 112 valence electrons. The third-order valence-electron chi connectivity index (χ3n) is 3.81. The average Bonchev–Trinajstić information content (AvgIpc) is 2.85. The van der Waals surface area contributed by atoms with Gasteiger partial charge in [-0.25, -0.2) is 0 Å². The first-order valence-corrected chi connectivity index (χ1v) is 7.22. The highest BCUT2D eigenvalue weighted by atomic mass is 16.3. The van der Waals surface area contributed by atoms with Gasteiger partial charge in [-0.05, 0) is 31.8 Å². The number of hydrogen-bond donors (Lipinski definition) is 2. The van der Waals surface area contributed by atoms with Gasteiger partial charge in [0.15, 0.2) is 0 Å². The van der Waals surface area contributed by atoms with E-state index >= 15 is 0 Å². The van der Waals surface area contributed by atoms with E-state index in [9.17, 15) is 9.90 Å². The Morgan fingerprint density at radius 3 is 2.85 bits per heavy atom. The number of aryl methyl sites for hydroxylation is 1. The summed E-state index contributed by atoms with van der Waals surface area (Å²) in [4.78, 5) is 14.1. The van der Waals surface area contributed by atoms with E-state index in [4.69, 9.17) is 0 Å². The van der Waals surface area contributed by atoms with Crippen molar-refractivity contribution < 1.29 is 9.90 Å². The summed E-state index contributed by atoms with van der Waals surface area (Å²) >= 11 is 0. The van der Waals surface area contributed by atoms with Crippen LogP contribution in [0.15, 0.2) is 12.4 Å². The molecular formula is C14H24N4O2. The Morgan fingerprint density at radius 2 is 2.25 bits per heavy atom. The maximum absolute atomic E-state index is 11.8. The zero-order valence-corrected chi connectivity index (χ0v) is 12.2. The topological polar surface area (TPSA) is 70.4 Å². The van der Waals surface area contributed by atoms with Crippen molar-refractivity contribution >= 4 is 5.91 Å². The summed E-state index contributed by atoms with van der Waals surface area (Å²) in [5, 5.41) is 16.7. The Hall–Kier alpha value is -1.40. The highest BCUT2D eigenvalue weighted by Crippen LogP contribution is 2.15. The molecule has 20 heavy (non-hydrogen) atoms. The van der Waals surface area contributed by atoms with Gasteiger partial charge in [0.05, 0.1) is 17.9 Å². The molecule has 0 saturated carbocycles. The van der Waals surface area contributed by atoms with Gasteiger partial charge in [-0.3, -0.25) is 9.48 Å². The molecule has 0 radical (unpaired) electrons. The van der Waals surface area contributed by atoms with Crippen molar-refractivity contribution in [1.29, 1.82) is 0 Å². The lowest BCUT2D eigenvalue weighted by atomic mass is 9.99. The van der Waals surface area contributed by atoms with Gasteiger partial charge in [-0.15, -0.1) is 0 Å². The normalized spacial score (nSPS) is 18.9. The van der Waals surface area contributed by atoms with Crippen molar-refractivity contribution in [3.8, 4) is 0 Å². The molecular weight excluding hydrogens is 256 g/mol. The molecule has 1 fully saturated rings. The van der Waals surface area contributed by atoms with Crippen LogP contribution in [0.2, 0.25) is 0 Å². The van der Waals surface area contributed by atoms with Crippen LogP contribution >= 0.6 is 0 Å². The van der Waals surface area contributed by atoms with Gasteiger partial charge in [0.1, 0.15) is 0 Å². The molecule has 1 saturated heterocycles. The zero-order valence-electron chi connectivity index (χ0n) is 12.2. The smallest absolute Gasteiger partial charge is 0.254 e. The number of aliphatic hydroxyl groups excluding tert-OH is 1. The van der Waals surface area contributed by atoms with E-state index in [2.05, 4.69) is 22.2 Å². The fourth-order valence-electron chi connectivity index (χ4n) is 2.46. The predicted octanol–water partition coefficient (Wildman–Crippen LogP) is 0.243. The molecule has 2 rings (SSSR count). The minimum atomic E-state index is -0.524. The second kappa shape index (κ2) is 6.85. The minimum Gasteiger partial charge on any atom is -0.390 e. The van der Waals surface area contributed by atoms with E-state index in [-0.39, 0.29) is 12.5 Å². The van der Waals surface area contributed by atoms with E-state index in [1.807, 2.05) is 0 Å².